The zero-order valence-corrected chi connectivity index (χ0v) is 9.12. The minimum atomic E-state index is 0.0391. The van der Waals surface area contributed by atoms with Crippen LogP contribution in [0, 0.1) is 0 Å². The summed E-state index contributed by atoms with van der Waals surface area (Å²) in [6.07, 6.45) is 5.46. The molecule has 0 radical (unpaired) electrons. The molecule has 0 atom stereocenters. The van der Waals surface area contributed by atoms with Gasteiger partial charge in [0.15, 0.2) is 0 Å². The number of hydrogen-bond acceptors (Lipinski definition) is 2. The van der Waals surface area contributed by atoms with Gasteiger partial charge in [-0.05, 0) is 17.9 Å². The van der Waals surface area contributed by atoms with Crippen LogP contribution in [0.25, 0.3) is 6.08 Å². The first-order chi connectivity index (χ1) is 6.74. The van der Waals surface area contributed by atoms with E-state index in [1.807, 2.05) is 36.4 Å². The van der Waals surface area contributed by atoms with Crippen LogP contribution in [0.5, 0.6) is 0 Å². The van der Waals surface area contributed by atoms with Crippen LogP contribution in [0.15, 0.2) is 36.5 Å². The molecule has 1 aromatic rings. The summed E-state index contributed by atoms with van der Waals surface area (Å²) in [6.45, 7) is 0. The molecule has 0 saturated carbocycles. The molecule has 1 amide bonds. The number of nitrogens with zero attached hydrogens (tertiary/aromatic N) is 1. The zero-order valence-electron chi connectivity index (χ0n) is 8.31. The maximum atomic E-state index is 11.2. The van der Waals surface area contributed by atoms with Crippen molar-refractivity contribution >= 4 is 23.1 Å². The Morgan fingerprint density at radius 3 is 2.57 bits per heavy atom. The maximum Gasteiger partial charge on any atom is 0.285 e. The quantitative estimate of drug-likeness (QED) is 0.742. The van der Waals surface area contributed by atoms with Crippen molar-refractivity contribution in [2.24, 2.45) is 0 Å². The van der Waals surface area contributed by atoms with E-state index in [1.165, 1.54) is 11.8 Å². The lowest BCUT2D eigenvalue weighted by atomic mass is 10.2. The molecule has 1 aromatic carbocycles. The second kappa shape index (κ2) is 5.50. The van der Waals surface area contributed by atoms with Gasteiger partial charge in [0, 0.05) is 13.2 Å². The highest BCUT2D eigenvalue weighted by atomic mass is 32.2. The van der Waals surface area contributed by atoms with Crippen LogP contribution in [0.3, 0.4) is 0 Å². The number of carbonyl (C=O) groups excluding carboxylic acids is 1. The van der Waals surface area contributed by atoms with E-state index >= 15 is 0 Å². The summed E-state index contributed by atoms with van der Waals surface area (Å²) in [5, 5.41) is 0.0391. The molecule has 0 spiro atoms. The molecular weight excluding hydrogens is 194 g/mol. The molecule has 2 nitrogen and oxygen atoms in total. The van der Waals surface area contributed by atoms with Gasteiger partial charge in [-0.15, -0.1) is 0 Å². The third-order valence-corrected chi connectivity index (χ3v) is 2.39. The summed E-state index contributed by atoms with van der Waals surface area (Å²) in [7, 11) is 1.75. The second-order valence-corrected chi connectivity index (χ2v) is 3.56. The van der Waals surface area contributed by atoms with E-state index in [2.05, 4.69) is 0 Å². The molecule has 0 aliphatic rings. The van der Waals surface area contributed by atoms with Gasteiger partial charge in [0.05, 0.1) is 0 Å². The van der Waals surface area contributed by atoms with E-state index in [-0.39, 0.29) is 5.24 Å². The first kappa shape index (κ1) is 10.9. The molecular formula is C11H13NOS. The van der Waals surface area contributed by atoms with Gasteiger partial charge in [-0.25, -0.2) is 0 Å². The SMILES string of the molecule is CSC(=O)N(C)C=Cc1ccccc1. The lowest BCUT2D eigenvalue weighted by Crippen LogP contribution is -2.14. The Morgan fingerprint density at radius 1 is 1.36 bits per heavy atom. The van der Waals surface area contributed by atoms with E-state index in [1.54, 1.807) is 24.4 Å². The average molecular weight is 207 g/mol. The van der Waals surface area contributed by atoms with Gasteiger partial charge in [0.25, 0.3) is 5.24 Å². The molecule has 3 heteroatoms. The van der Waals surface area contributed by atoms with E-state index in [9.17, 15) is 4.79 Å². The Bertz CT molecular complexity index is 321. The number of hydrogen-bond donors (Lipinski definition) is 0. The largest absolute Gasteiger partial charge is 0.313 e. The van der Waals surface area contributed by atoms with Crippen molar-refractivity contribution in [1.29, 1.82) is 0 Å². The predicted octanol–water partition coefficient (Wildman–Crippen LogP) is 3.07. The summed E-state index contributed by atoms with van der Waals surface area (Å²) >= 11 is 1.20. The summed E-state index contributed by atoms with van der Waals surface area (Å²) in [6, 6.07) is 9.89. The summed E-state index contributed by atoms with van der Waals surface area (Å²) in [5.74, 6) is 0. The molecule has 0 aliphatic heterocycles. The Kier molecular flexibility index (Phi) is 4.26. The van der Waals surface area contributed by atoms with E-state index in [4.69, 9.17) is 0 Å². The Balaban J connectivity index is 2.60. The molecule has 0 heterocycles. The molecule has 0 N–H and O–H groups in total. The van der Waals surface area contributed by atoms with Gasteiger partial charge >= 0.3 is 0 Å². The fraction of sp³-hybridized carbons (Fsp3) is 0.182. The minimum absolute atomic E-state index is 0.0391. The monoisotopic (exact) mass is 207 g/mol. The number of benzene rings is 1. The van der Waals surface area contributed by atoms with Crippen molar-refractivity contribution in [2.75, 3.05) is 13.3 Å². The van der Waals surface area contributed by atoms with Gasteiger partial charge < -0.3 is 4.90 Å². The topological polar surface area (TPSA) is 20.3 Å². The van der Waals surface area contributed by atoms with Crippen LogP contribution in [0.4, 0.5) is 4.79 Å². The summed E-state index contributed by atoms with van der Waals surface area (Å²) in [5.41, 5.74) is 1.09. The first-order valence-electron chi connectivity index (χ1n) is 4.28. The van der Waals surface area contributed by atoms with Crippen LogP contribution in [0.1, 0.15) is 5.56 Å². The average Bonchev–Trinajstić information content (AvgIpc) is 2.26. The number of amides is 1. The highest BCUT2D eigenvalue weighted by Gasteiger charge is 2.00. The number of carbonyl (C=O) groups is 1. The van der Waals surface area contributed by atoms with Crippen LogP contribution >= 0.6 is 11.8 Å². The normalized spacial score (nSPS) is 10.4. The highest BCUT2D eigenvalue weighted by Crippen LogP contribution is 2.05. The highest BCUT2D eigenvalue weighted by molar-refractivity contribution is 8.12. The van der Waals surface area contributed by atoms with Crippen LogP contribution in [-0.2, 0) is 0 Å². The Hall–Kier alpha value is -1.22. The van der Waals surface area contributed by atoms with Crippen molar-refractivity contribution < 1.29 is 4.79 Å². The molecule has 0 bridgehead atoms. The van der Waals surface area contributed by atoms with Gasteiger partial charge in [-0.1, -0.05) is 42.1 Å². The Labute approximate surface area is 88.6 Å². The van der Waals surface area contributed by atoms with Crippen LogP contribution in [0.2, 0.25) is 0 Å². The second-order valence-electron chi connectivity index (χ2n) is 2.81. The van der Waals surface area contributed by atoms with Gasteiger partial charge in [0.2, 0.25) is 0 Å². The van der Waals surface area contributed by atoms with Gasteiger partial charge in [-0.2, -0.15) is 0 Å². The lowest BCUT2D eigenvalue weighted by Gasteiger charge is -2.08. The summed E-state index contributed by atoms with van der Waals surface area (Å²) in [4.78, 5) is 12.7. The van der Waals surface area contributed by atoms with Crippen molar-refractivity contribution in [3.05, 3.63) is 42.1 Å². The smallest absolute Gasteiger partial charge is 0.285 e. The summed E-state index contributed by atoms with van der Waals surface area (Å²) < 4.78 is 0. The van der Waals surface area contributed by atoms with Gasteiger partial charge in [0.1, 0.15) is 0 Å². The van der Waals surface area contributed by atoms with Crippen molar-refractivity contribution in [3.63, 3.8) is 0 Å². The fourth-order valence-corrected chi connectivity index (χ4v) is 1.32. The lowest BCUT2D eigenvalue weighted by molar-refractivity contribution is 0.245. The zero-order chi connectivity index (χ0) is 10.4. The third kappa shape index (κ3) is 3.26. The van der Waals surface area contributed by atoms with Crippen molar-refractivity contribution in [3.8, 4) is 0 Å². The Morgan fingerprint density at radius 2 is 2.00 bits per heavy atom. The molecule has 74 valence electrons. The minimum Gasteiger partial charge on any atom is -0.313 e. The standard InChI is InChI=1S/C11H13NOS/c1-12(11(13)14-2)9-8-10-6-4-3-5-7-10/h3-9H,1-2H3. The molecule has 0 aliphatic carbocycles. The van der Waals surface area contributed by atoms with E-state index < -0.39 is 0 Å². The van der Waals surface area contributed by atoms with Crippen molar-refractivity contribution in [2.45, 2.75) is 0 Å². The molecule has 0 saturated heterocycles. The molecule has 1 rings (SSSR count). The van der Waals surface area contributed by atoms with Gasteiger partial charge in [-0.3, -0.25) is 4.79 Å². The molecule has 0 unspecified atom stereocenters. The third-order valence-electron chi connectivity index (χ3n) is 1.75. The van der Waals surface area contributed by atoms with E-state index in [0.717, 1.165) is 5.56 Å². The molecule has 0 aromatic heterocycles. The number of rotatable bonds is 2. The first-order valence-corrected chi connectivity index (χ1v) is 5.50. The maximum absolute atomic E-state index is 11.2. The number of thioether (sulfide) groups is 1. The van der Waals surface area contributed by atoms with Crippen LogP contribution in [-0.4, -0.2) is 23.4 Å². The van der Waals surface area contributed by atoms with E-state index in [0.29, 0.717) is 0 Å². The van der Waals surface area contributed by atoms with Crippen LogP contribution < -0.4 is 0 Å². The van der Waals surface area contributed by atoms with Crippen molar-refractivity contribution in [1.82, 2.24) is 4.90 Å². The fourth-order valence-electron chi connectivity index (χ4n) is 0.967. The molecule has 0 fully saturated rings. The molecule has 14 heavy (non-hydrogen) atoms. The predicted molar refractivity (Wildman–Crippen MR) is 62.2 cm³/mol.